The van der Waals surface area contributed by atoms with Gasteiger partial charge in [0.15, 0.2) is 0 Å². The highest BCUT2D eigenvalue weighted by atomic mass is 16.1. The zero-order valence-electron chi connectivity index (χ0n) is 11.9. The quantitative estimate of drug-likeness (QED) is 0.855. The number of benzene rings is 2. The third-order valence-electron chi connectivity index (χ3n) is 3.18. The Morgan fingerprint density at radius 3 is 2.45 bits per heavy atom. The van der Waals surface area contributed by atoms with Gasteiger partial charge in [-0.25, -0.2) is 0 Å². The molecule has 20 heavy (non-hydrogen) atoms. The van der Waals surface area contributed by atoms with E-state index in [-0.39, 0.29) is 5.91 Å². The summed E-state index contributed by atoms with van der Waals surface area (Å²) >= 11 is 0. The number of carbonyl (C=O) groups excluding carboxylic acids is 1. The minimum absolute atomic E-state index is 0.0935. The van der Waals surface area contributed by atoms with Gasteiger partial charge in [0, 0.05) is 23.0 Å². The van der Waals surface area contributed by atoms with Crippen LogP contribution < -0.4 is 10.6 Å². The Kier molecular flexibility index (Phi) is 4.77. The highest BCUT2D eigenvalue weighted by Crippen LogP contribution is 2.14. The van der Waals surface area contributed by atoms with Crippen LogP contribution in [0, 0.1) is 0 Å². The van der Waals surface area contributed by atoms with Gasteiger partial charge < -0.3 is 10.6 Å². The molecular formula is C17H20N2O. The van der Waals surface area contributed by atoms with Crippen molar-refractivity contribution < 1.29 is 4.79 Å². The van der Waals surface area contributed by atoms with Gasteiger partial charge in [0.25, 0.3) is 5.91 Å². The molecule has 1 unspecified atom stereocenters. The standard InChI is InChI=1S/C17H20N2O/c1-3-13(2)18-16-11-7-8-14(12-16)17(20)19-15-9-5-4-6-10-15/h4-13,18H,3H2,1-2H3,(H,19,20). The summed E-state index contributed by atoms with van der Waals surface area (Å²) in [6.45, 7) is 4.25. The van der Waals surface area contributed by atoms with Gasteiger partial charge in [0.1, 0.15) is 0 Å². The zero-order chi connectivity index (χ0) is 14.4. The fourth-order valence-corrected chi connectivity index (χ4v) is 1.86. The number of anilines is 2. The van der Waals surface area contributed by atoms with E-state index in [1.165, 1.54) is 0 Å². The Morgan fingerprint density at radius 2 is 1.75 bits per heavy atom. The number of carbonyl (C=O) groups is 1. The van der Waals surface area contributed by atoms with Crippen LogP contribution in [0.3, 0.4) is 0 Å². The molecule has 2 aromatic rings. The summed E-state index contributed by atoms with van der Waals surface area (Å²) in [5, 5.41) is 6.26. The first-order valence-corrected chi connectivity index (χ1v) is 6.92. The van der Waals surface area contributed by atoms with Crippen molar-refractivity contribution in [3.05, 3.63) is 60.2 Å². The number of hydrogen-bond acceptors (Lipinski definition) is 2. The Balaban J connectivity index is 2.08. The largest absolute Gasteiger partial charge is 0.383 e. The van der Waals surface area contributed by atoms with E-state index in [0.29, 0.717) is 11.6 Å². The lowest BCUT2D eigenvalue weighted by molar-refractivity contribution is 0.102. The van der Waals surface area contributed by atoms with E-state index in [1.807, 2.05) is 54.6 Å². The van der Waals surface area contributed by atoms with Crippen LogP contribution in [0.15, 0.2) is 54.6 Å². The minimum Gasteiger partial charge on any atom is -0.383 e. The lowest BCUT2D eigenvalue weighted by Gasteiger charge is -2.13. The second-order valence-corrected chi connectivity index (χ2v) is 4.85. The van der Waals surface area contributed by atoms with E-state index in [1.54, 1.807) is 0 Å². The molecule has 0 saturated carbocycles. The molecule has 0 radical (unpaired) electrons. The molecule has 104 valence electrons. The maximum absolute atomic E-state index is 12.2. The topological polar surface area (TPSA) is 41.1 Å². The number of para-hydroxylation sites is 1. The van der Waals surface area contributed by atoms with Crippen molar-refractivity contribution in [1.29, 1.82) is 0 Å². The molecule has 0 fully saturated rings. The van der Waals surface area contributed by atoms with Gasteiger partial charge in [-0.05, 0) is 43.7 Å². The first-order chi connectivity index (χ1) is 9.69. The van der Waals surface area contributed by atoms with Crippen LogP contribution >= 0.6 is 0 Å². The number of rotatable bonds is 5. The summed E-state index contributed by atoms with van der Waals surface area (Å²) in [6, 6.07) is 17.4. The van der Waals surface area contributed by atoms with Crippen LogP contribution in [-0.2, 0) is 0 Å². The first kappa shape index (κ1) is 14.1. The van der Waals surface area contributed by atoms with Crippen molar-refractivity contribution >= 4 is 17.3 Å². The molecule has 0 bridgehead atoms. The Bertz CT molecular complexity index is 566. The van der Waals surface area contributed by atoms with Gasteiger partial charge >= 0.3 is 0 Å². The van der Waals surface area contributed by atoms with Gasteiger partial charge in [-0.15, -0.1) is 0 Å². The fraction of sp³-hybridized carbons (Fsp3) is 0.235. The lowest BCUT2D eigenvalue weighted by Crippen LogP contribution is -2.15. The van der Waals surface area contributed by atoms with Crippen LogP contribution in [-0.4, -0.2) is 11.9 Å². The van der Waals surface area contributed by atoms with Crippen molar-refractivity contribution in [3.8, 4) is 0 Å². The summed E-state index contributed by atoms with van der Waals surface area (Å²) in [5.41, 5.74) is 2.43. The average Bonchev–Trinajstić information content (AvgIpc) is 2.48. The van der Waals surface area contributed by atoms with Gasteiger partial charge in [0.2, 0.25) is 0 Å². The normalized spacial score (nSPS) is 11.7. The second-order valence-electron chi connectivity index (χ2n) is 4.85. The van der Waals surface area contributed by atoms with E-state index in [4.69, 9.17) is 0 Å². The molecule has 2 aromatic carbocycles. The van der Waals surface area contributed by atoms with Gasteiger partial charge in [-0.3, -0.25) is 4.79 Å². The molecule has 0 heterocycles. The second kappa shape index (κ2) is 6.75. The Labute approximate surface area is 120 Å². The highest BCUT2D eigenvalue weighted by Gasteiger charge is 2.07. The third kappa shape index (κ3) is 3.85. The molecule has 0 aliphatic carbocycles. The summed E-state index contributed by atoms with van der Waals surface area (Å²) in [7, 11) is 0. The Morgan fingerprint density at radius 1 is 1.05 bits per heavy atom. The van der Waals surface area contributed by atoms with Crippen molar-refractivity contribution in [2.45, 2.75) is 26.3 Å². The average molecular weight is 268 g/mol. The van der Waals surface area contributed by atoms with E-state index in [9.17, 15) is 4.79 Å². The summed E-state index contributed by atoms with van der Waals surface area (Å²) in [5.74, 6) is -0.0935. The van der Waals surface area contributed by atoms with Gasteiger partial charge in [-0.2, -0.15) is 0 Å². The van der Waals surface area contributed by atoms with Crippen LogP contribution in [0.1, 0.15) is 30.6 Å². The van der Waals surface area contributed by atoms with E-state index in [0.717, 1.165) is 17.8 Å². The van der Waals surface area contributed by atoms with Crippen LogP contribution in [0.25, 0.3) is 0 Å². The summed E-state index contributed by atoms with van der Waals surface area (Å²) in [6.07, 6.45) is 1.04. The van der Waals surface area contributed by atoms with Gasteiger partial charge in [-0.1, -0.05) is 31.2 Å². The molecule has 1 atom stereocenters. The SMILES string of the molecule is CCC(C)Nc1cccc(C(=O)Nc2ccccc2)c1. The smallest absolute Gasteiger partial charge is 0.255 e. The summed E-state index contributed by atoms with van der Waals surface area (Å²) in [4.78, 5) is 12.2. The summed E-state index contributed by atoms with van der Waals surface area (Å²) < 4.78 is 0. The number of hydrogen-bond donors (Lipinski definition) is 2. The third-order valence-corrected chi connectivity index (χ3v) is 3.18. The van der Waals surface area contributed by atoms with E-state index >= 15 is 0 Å². The highest BCUT2D eigenvalue weighted by molar-refractivity contribution is 6.04. The maximum atomic E-state index is 12.2. The maximum Gasteiger partial charge on any atom is 0.255 e. The molecule has 0 spiro atoms. The van der Waals surface area contributed by atoms with E-state index in [2.05, 4.69) is 24.5 Å². The molecule has 0 aliphatic heterocycles. The molecule has 3 nitrogen and oxygen atoms in total. The lowest BCUT2D eigenvalue weighted by atomic mass is 10.1. The number of nitrogens with one attached hydrogen (secondary N) is 2. The zero-order valence-corrected chi connectivity index (χ0v) is 11.9. The Hall–Kier alpha value is -2.29. The molecule has 1 amide bonds. The minimum atomic E-state index is -0.0935. The van der Waals surface area contributed by atoms with Crippen LogP contribution in [0.2, 0.25) is 0 Å². The monoisotopic (exact) mass is 268 g/mol. The molecule has 0 aromatic heterocycles. The van der Waals surface area contributed by atoms with Crippen molar-refractivity contribution in [3.63, 3.8) is 0 Å². The van der Waals surface area contributed by atoms with Crippen molar-refractivity contribution in [2.24, 2.45) is 0 Å². The fourth-order valence-electron chi connectivity index (χ4n) is 1.86. The predicted octanol–water partition coefficient (Wildman–Crippen LogP) is 4.15. The molecule has 3 heteroatoms. The molecule has 0 aliphatic rings. The molecular weight excluding hydrogens is 248 g/mol. The van der Waals surface area contributed by atoms with E-state index < -0.39 is 0 Å². The van der Waals surface area contributed by atoms with Gasteiger partial charge in [0.05, 0.1) is 0 Å². The van der Waals surface area contributed by atoms with Crippen molar-refractivity contribution in [1.82, 2.24) is 0 Å². The first-order valence-electron chi connectivity index (χ1n) is 6.92. The van der Waals surface area contributed by atoms with Crippen LogP contribution in [0.5, 0.6) is 0 Å². The van der Waals surface area contributed by atoms with Crippen LogP contribution in [0.4, 0.5) is 11.4 Å². The van der Waals surface area contributed by atoms with Crippen molar-refractivity contribution in [2.75, 3.05) is 10.6 Å². The number of amides is 1. The molecule has 0 saturated heterocycles. The molecule has 2 N–H and O–H groups in total. The predicted molar refractivity (Wildman–Crippen MR) is 84.2 cm³/mol. The molecule has 2 rings (SSSR count).